The number of rotatable bonds is 8. The molecule has 3 nitrogen and oxygen atoms in total. The second-order valence-corrected chi connectivity index (χ2v) is 4.07. The fourth-order valence-corrected chi connectivity index (χ4v) is 1.69. The fraction of sp³-hybridized carbons (Fsp3) is 0.833. The smallest absolute Gasteiger partial charge is 0.108 e. The third-order valence-corrected chi connectivity index (χ3v) is 2.67. The van der Waals surface area contributed by atoms with E-state index in [1.807, 2.05) is 0 Å². The average Bonchev–Trinajstić information content (AvgIpc) is 2.67. The molecule has 0 amide bonds. The van der Waals surface area contributed by atoms with Crippen LogP contribution in [0.5, 0.6) is 0 Å². The number of unbranched alkanes of at least 4 members (excludes halogenated alkanes) is 4. The molecule has 0 bridgehead atoms. The molecule has 0 atom stereocenters. The number of hydrogen-bond acceptors (Lipinski definition) is 3. The lowest BCUT2D eigenvalue weighted by atomic mass is 10.1. The largest absolute Gasteiger partial charge is 0.244 e. The molecule has 1 aromatic heterocycles. The Balaban J connectivity index is 2.32. The molecule has 0 radical (unpaired) electrons. The number of aromatic nitrogens is 2. The van der Waals surface area contributed by atoms with Crippen LogP contribution in [-0.4, -0.2) is 10.3 Å². The molecule has 0 aliphatic carbocycles. The van der Waals surface area contributed by atoms with Crippen LogP contribution in [0.25, 0.3) is 0 Å². The molecule has 0 fully saturated rings. The van der Waals surface area contributed by atoms with E-state index in [1.54, 1.807) is 0 Å². The zero-order valence-electron chi connectivity index (χ0n) is 9.96. The summed E-state index contributed by atoms with van der Waals surface area (Å²) in [7, 11) is 0. The highest BCUT2D eigenvalue weighted by Gasteiger charge is 2.08. The van der Waals surface area contributed by atoms with Gasteiger partial charge in [0.2, 0.25) is 0 Å². The van der Waals surface area contributed by atoms with Crippen LogP contribution in [0, 0.1) is 0 Å². The van der Waals surface area contributed by atoms with Gasteiger partial charge in [-0.15, -0.1) is 0 Å². The maximum Gasteiger partial charge on any atom is 0.108 e. The second-order valence-electron chi connectivity index (χ2n) is 4.07. The van der Waals surface area contributed by atoms with E-state index in [0.29, 0.717) is 0 Å². The molecule has 0 saturated heterocycles. The SMILES string of the molecule is CCCCCc1nonc1CCCCC. The van der Waals surface area contributed by atoms with Crippen LogP contribution in [0.1, 0.15) is 63.8 Å². The molecule has 3 heteroatoms. The first kappa shape index (κ1) is 12.2. The normalized spacial score (nSPS) is 10.8. The summed E-state index contributed by atoms with van der Waals surface area (Å²) in [6.07, 6.45) is 9.48. The van der Waals surface area contributed by atoms with Gasteiger partial charge < -0.3 is 0 Å². The first-order valence-corrected chi connectivity index (χ1v) is 6.18. The molecule has 1 rings (SSSR count). The maximum atomic E-state index is 4.81. The molecule has 0 aromatic carbocycles. The topological polar surface area (TPSA) is 38.9 Å². The minimum atomic E-state index is 1.03. The number of nitrogens with zero attached hydrogens (tertiary/aromatic N) is 2. The molecule has 0 aliphatic heterocycles. The summed E-state index contributed by atoms with van der Waals surface area (Å²) in [6.45, 7) is 4.42. The Morgan fingerprint density at radius 2 is 1.27 bits per heavy atom. The van der Waals surface area contributed by atoms with Crippen molar-refractivity contribution in [1.29, 1.82) is 0 Å². The Hall–Kier alpha value is -0.860. The van der Waals surface area contributed by atoms with Gasteiger partial charge in [-0.3, -0.25) is 0 Å². The van der Waals surface area contributed by atoms with Crippen molar-refractivity contribution in [3.8, 4) is 0 Å². The van der Waals surface area contributed by atoms with E-state index >= 15 is 0 Å². The molecule has 0 aliphatic rings. The standard InChI is InChI=1S/C12H22N2O/c1-3-5-7-9-11-12(14-15-13-11)10-8-6-4-2/h3-10H2,1-2H3. The van der Waals surface area contributed by atoms with Crippen molar-refractivity contribution in [2.75, 3.05) is 0 Å². The summed E-state index contributed by atoms with van der Waals surface area (Å²) in [4.78, 5) is 0. The second kappa shape index (κ2) is 7.43. The minimum absolute atomic E-state index is 1.03. The van der Waals surface area contributed by atoms with Gasteiger partial charge in [-0.05, 0) is 25.7 Å². The van der Waals surface area contributed by atoms with Crippen LogP contribution in [-0.2, 0) is 12.8 Å². The molecule has 0 saturated carbocycles. The van der Waals surface area contributed by atoms with E-state index in [0.717, 1.165) is 24.2 Å². The van der Waals surface area contributed by atoms with Crippen LogP contribution < -0.4 is 0 Å². The Morgan fingerprint density at radius 3 is 1.67 bits per heavy atom. The predicted molar refractivity (Wildman–Crippen MR) is 60.8 cm³/mol. The summed E-state index contributed by atoms with van der Waals surface area (Å²) in [5.74, 6) is 0. The van der Waals surface area contributed by atoms with Crippen LogP contribution in [0.4, 0.5) is 0 Å². The highest BCUT2D eigenvalue weighted by molar-refractivity contribution is 5.07. The Morgan fingerprint density at radius 1 is 0.800 bits per heavy atom. The number of aryl methyl sites for hydroxylation is 2. The summed E-state index contributed by atoms with van der Waals surface area (Å²) < 4.78 is 4.81. The van der Waals surface area contributed by atoms with Crippen LogP contribution in [0.2, 0.25) is 0 Å². The van der Waals surface area contributed by atoms with Crippen molar-refractivity contribution >= 4 is 0 Å². The van der Waals surface area contributed by atoms with Gasteiger partial charge in [-0.25, -0.2) is 4.63 Å². The lowest BCUT2D eigenvalue weighted by Gasteiger charge is -1.98. The summed E-state index contributed by atoms with van der Waals surface area (Å²) in [6, 6.07) is 0. The Bertz CT molecular complexity index is 233. The van der Waals surface area contributed by atoms with Gasteiger partial charge in [0.05, 0.1) is 0 Å². The molecule has 86 valence electrons. The molecule has 0 N–H and O–H groups in total. The Labute approximate surface area is 92.2 Å². The van der Waals surface area contributed by atoms with Gasteiger partial charge >= 0.3 is 0 Å². The summed E-state index contributed by atoms with van der Waals surface area (Å²) in [5.41, 5.74) is 2.17. The van der Waals surface area contributed by atoms with Crippen molar-refractivity contribution < 1.29 is 4.63 Å². The third kappa shape index (κ3) is 4.45. The van der Waals surface area contributed by atoms with E-state index < -0.39 is 0 Å². The molecule has 1 heterocycles. The zero-order valence-corrected chi connectivity index (χ0v) is 9.96. The molecule has 0 spiro atoms. The maximum absolute atomic E-state index is 4.81. The predicted octanol–water partition coefficient (Wildman–Crippen LogP) is 3.54. The first-order valence-electron chi connectivity index (χ1n) is 6.18. The van der Waals surface area contributed by atoms with Crippen molar-refractivity contribution in [2.24, 2.45) is 0 Å². The van der Waals surface area contributed by atoms with Crippen LogP contribution in [0.3, 0.4) is 0 Å². The van der Waals surface area contributed by atoms with E-state index in [-0.39, 0.29) is 0 Å². The van der Waals surface area contributed by atoms with Gasteiger partial charge in [-0.1, -0.05) is 49.8 Å². The van der Waals surface area contributed by atoms with Gasteiger partial charge in [0.1, 0.15) is 11.4 Å². The monoisotopic (exact) mass is 210 g/mol. The summed E-state index contributed by atoms with van der Waals surface area (Å²) in [5, 5.41) is 7.96. The van der Waals surface area contributed by atoms with Gasteiger partial charge in [-0.2, -0.15) is 0 Å². The highest BCUT2D eigenvalue weighted by Crippen LogP contribution is 2.11. The van der Waals surface area contributed by atoms with Crippen molar-refractivity contribution in [3.63, 3.8) is 0 Å². The molecular weight excluding hydrogens is 188 g/mol. The van der Waals surface area contributed by atoms with Crippen LogP contribution >= 0.6 is 0 Å². The summed E-state index contributed by atoms with van der Waals surface area (Å²) >= 11 is 0. The number of hydrogen-bond donors (Lipinski definition) is 0. The van der Waals surface area contributed by atoms with Gasteiger partial charge in [0, 0.05) is 0 Å². The van der Waals surface area contributed by atoms with E-state index in [4.69, 9.17) is 4.63 Å². The molecule has 15 heavy (non-hydrogen) atoms. The zero-order chi connectivity index (χ0) is 10.9. The van der Waals surface area contributed by atoms with Gasteiger partial charge in [0.25, 0.3) is 0 Å². The molecule has 0 unspecified atom stereocenters. The lowest BCUT2D eigenvalue weighted by molar-refractivity contribution is 0.299. The van der Waals surface area contributed by atoms with Crippen molar-refractivity contribution in [2.45, 2.75) is 65.2 Å². The van der Waals surface area contributed by atoms with E-state index in [1.165, 1.54) is 38.5 Å². The lowest BCUT2D eigenvalue weighted by Crippen LogP contribution is -1.94. The van der Waals surface area contributed by atoms with Crippen LogP contribution in [0.15, 0.2) is 4.63 Å². The van der Waals surface area contributed by atoms with E-state index in [2.05, 4.69) is 24.2 Å². The Kier molecular flexibility index (Phi) is 6.05. The van der Waals surface area contributed by atoms with Gasteiger partial charge in [0.15, 0.2) is 0 Å². The third-order valence-electron chi connectivity index (χ3n) is 2.67. The minimum Gasteiger partial charge on any atom is -0.244 e. The highest BCUT2D eigenvalue weighted by atomic mass is 16.6. The average molecular weight is 210 g/mol. The molecule has 1 aromatic rings. The van der Waals surface area contributed by atoms with Crippen molar-refractivity contribution in [1.82, 2.24) is 10.3 Å². The molecular formula is C12H22N2O. The van der Waals surface area contributed by atoms with Crippen molar-refractivity contribution in [3.05, 3.63) is 11.4 Å². The fourth-order valence-electron chi connectivity index (χ4n) is 1.69. The quantitative estimate of drug-likeness (QED) is 0.616. The first-order chi connectivity index (χ1) is 7.38. The van der Waals surface area contributed by atoms with E-state index in [9.17, 15) is 0 Å².